The predicted molar refractivity (Wildman–Crippen MR) is 112 cm³/mol. The number of rotatable bonds is 3. The van der Waals surface area contributed by atoms with Gasteiger partial charge in [-0.15, -0.1) is 0 Å². The monoisotopic (exact) mass is 435 g/mol. The maximum Gasteiger partial charge on any atom is 0.343 e. The Labute approximate surface area is 180 Å². The highest BCUT2D eigenvalue weighted by Gasteiger charge is 2.45. The first-order valence-corrected chi connectivity index (χ1v) is 10.1. The lowest BCUT2D eigenvalue weighted by Crippen LogP contribution is -2.44. The Morgan fingerprint density at radius 3 is 2.88 bits per heavy atom. The van der Waals surface area contributed by atoms with Gasteiger partial charge in [0.2, 0.25) is 0 Å². The second kappa shape index (κ2) is 6.88. The Kier molecular flexibility index (Phi) is 4.34. The first kappa shape index (κ1) is 20.2. The van der Waals surface area contributed by atoms with Crippen LogP contribution in [0.4, 0.5) is 4.39 Å². The number of carbonyl (C=O) groups excluding carboxylic acids is 1. The van der Waals surface area contributed by atoms with E-state index in [0.717, 1.165) is 5.56 Å². The lowest BCUT2D eigenvalue weighted by atomic mass is 9.86. The van der Waals surface area contributed by atoms with Crippen molar-refractivity contribution in [3.63, 3.8) is 0 Å². The minimum atomic E-state index is -1.91. The Morgan fingerprint density at radius 1 is 1.38 bits per heavy atom. The van der Waals surface area contributed by atoms with Gasteiger partial charge in [-0.05, 0) is 42.1 Å². The zero-order valence-electron chi connectivity index (χ0n) is 17.3. The molecule has 0 amide bonds. The van der Waals surface area contributed by atoms with Crippen molar-refractivity contribution in [1.82, 2.24) is 9.55 Å². The van der Waals surface area contributed by atoms with Crippen LogP contribution in [0.3, 0.4) is 0 Å². The summed E-state index contributed by atoms with van der Waals surface area (Å²) in [5.74, 6) is -1.27. The Morgan fingerprint density at radius 2 is 2.16 bits per heavy atom. The summed E-state index contributed by atoms with van der Waals surface area (Å²) in [6.07, 6.45) is 0.0486. The van der Waals surface area contributed by atoms with Crippen molar-refractivity contribution in [3.05, 3.63) is 72.6 Å². The zero-order chi connectivity index (χ0) is 22.8. The van der Waals surface area contributed by atoms with E-state index in [4.69, 9.17) is 10.3 Å². The molecule has 4 heterocycles. The summed E-state index contributed by atoms with van der Waals surface area (Å²) in [5, 5.41) is 15.2. The highest BCUT2D eigenvalue weighted by molar-refractivity contribution is 5.88. The zero-order valence-corrected chi connectivity index (χ0v) is 17.3. The van der Waals surface area contributed by atoms with E-state index in [-0.39, 0.29) is 42.8 Å². The summed E-state index contributed by atoms with van der Waals surface area (Å²) in [5.41, 5.74) is 9.82. The normalized spacial score (nSPS) is 18.6. The van der Waals surface area contributed by atoms with Crippen molar-refractivity contribution in [2.75, 3.05) is 0 Å². The Balaban J connectivity index is 1.78. The highest BCUT2D eigenvalue weighted by Crippen LogP contribution is 2.39. The molecule has 0 unspecified atom stereocenters. The predicted octanol–water partition coefficient (Wildman–Crippen LogP) is 3.34. The molecule has 0 saturated heterocycles. The summed E-state index contributed by atoms with van der Waals surface area (Å²) in [6, 6.07) is 4.74. The number of benzene rings is 1. The van der Waals surface area contributed by atoms with Gasteiger partial charge in [0.1, 0.15) is 12.4 Å². The third kappa shape index (κ3) is 2.60. The smallest absolute Gasteiger partial charge is 0.343 e. The summed E-state index contributed by atoms with van der Waals surface area (Å²) < 4.78 is 21.1. The number of hydrogen-bond donors (Lipinski definition) is 1. The van der Waals surface area contributed by atoms with Crippen molar-refractivity contribution >= 4 is 16.9 Å². The van der Waals surface area contributed by atoms with E-state index in [9.17, 15) is 19.1 Å². The number of aliphatic hydroxyl groups is 1. The van der Waals surface area contributed by atoms with Crippen LogP contribution in [0.2, 0.25) is 0 Å². The minimum absolute atomic E-state index is 0.0266. The van der Waals surface area contributed by atoms with Gasteiger partial charge in [0.15, 0.2) is 5.60 Å². The van der Waals surface area contributed by atoms with Crippen LogP contribution >= 0.6 is 0 Å². The van der Waals surface area contributed by atoms with Crippen molar-refractivity contribution in [1.29, 1.82) is 0 Å². The molecular formula is C22H18FN5O4. The van der Waals surface area contributed by atoms with E-state index in [0.29, 0.717) is 33.4 Å². The van der Waals surface area contributed by atoms with E-state index in [1.807, 2.05) is 6.07 Å². The number of ether oxygens (including phenoxy) is 1. The molecule has 0 aliphatic carbocycles. The largest absolute Gasteiger partial charge is 0.458 e. The fraction of sp³-hybridized carbons (Fsp3) is 0.318. The van der Waals surface area contributed by atoms with E-state index < -0.39 is 17.4 Å². The van der Waals surface area contributed by atoms with Crippen molar-refractivity contribution < 1.29 is 19.0 Å². The van der Waals surface area contributed by atoms with Gasteiger partial charge >= 0.3 is 5.97 Å². The number of cyclic esters (lactones) is 1. The number of pyridine rings is 2. The van der Waals surface area contributed by atoms with Crippen LogP contribution < -0.4 is 5.56 Å². The molecule has 2 aliphatic heterocycles. The van der Waals surface area contributed by atoms with Crippen LogP contribution in [0, 0.1) is 12.7 Å². The molecule has 3 aromatic rings. The van der Waals surface area contributed by atoms with E-state index in [1.54, 1.807) is 19.9 Å². The average molecular weight is 435 g/mol. The standard InChI is InChI=1S/C22H18FN5O4/c1-3-22(31)15-5-18-19-11(8-28(18)20(29)14(15)9-32-21(22)30)4-12-13(7-25-27-24)10(2)16(23)6-17(12)26-19/h4-6,31H,3,7-9H2,1-2H3/t22-/m0/s1. The first-order chi connectivity index (χ1) is 15.3. The molecule has 0 spiro atoms. The summed E-state index contributed by atoms with van der Waals surface area (Å²) in [4.78, 5) is 32.9. The second-order valence-electron chi connectivity index (χ2n) is 8.02. The van der Waals surface area contributed by atoms with Crippen molar-refractivity contribution in [2.45, 2.75) is 45.6 Å². The van der Waals surface area contributed by atoms with E-state index in [1.165, 1.54) is 10.6 Å². The average Bonchev–Trinajstić information content (AvgIpc) is 3.14. The van der Waals surface area contributed by atoms with Crippen LogP contribution in [0.5, 0.6) is 0 Å². The number of halogens is 1. The highest BCUT2D eigenvalue weighted by atomic mass is 19.1. The maximum absolute atomic E-state index is 14.5. The topological polar surface area (TPSA) is 130 Å². The Bertz CT molecular complexity index is 1460. The Hall–Kier alpha value is -3.75. The number of fused-ring (bicyclic) bond motifs is 5. The molecule has 9 nitrogen and oxygen atoms in total. The second-order valence-corrected chi connectivity index (χ2v) is 8.02. The quantitative estimate of drug-likeness (QED) is 0.228. The molecule has 0 fully saturated rings. The summed E-state index contributed by atoms with van der Waals surface area (Å²) in [6.45, 7) is 3.25. The molecule has 2 aromatic heterocycles. The van der Waals surface area contributed by atoms with E-state index >= 15 is 0 Å². The molecular weight excluding hydrogens is 417 g/mol. The number of nitrogens with zero attached hydrogens (tertiary/aromatic N) is 5. The van der Waals surface area contributed by atoms with Gasteiger partial charge in [-0.1, -0.05) is 12.0 Å². The fourth-order valence-electron chi connectivity index (χ4n) is 4.57. The molecule has 0 bridgehead atoms. The number of esters is 1. The molecule has 0 saturated carbocycles. The van der Waals surface area contributed by atoms with Gasteiger partial charge in [0, 0.05) is 27.5 Å². The van der Waals surface area contributed by atoms with Gasteiger partial charge in [-0.25, -0.2) is 14.2 Å². The number of azide groups is 1. The van der Waals surface area contributed by atoms with Gasteiger partial charge in [-0.3, -0.25) is 4.79 Å². The van der Waals surface area contributed by atoms with Crippen LogP contribution in [0.15, 0.2) is 28.1 Å². The molecule has 5 rings (SSSR count). The number of carbonyl (C=O) groups is 1. The van der Waals surface area contributed by atoms with Gasteiger partial charge in [0.25, 0.3) is 5.56 Å². The third-order valence-corrected chi connectivity index (χ3v) is 6.44. The third-order valence-electron chi connectivity index (χ3n) is 6.44. The molecule has 1 aromatic carbocycles. The maximum atomic E-state index is 14.5. The van der Waals surface area contributed by atoms with Gasteiger partial charge < -0.3 is 14.4 Å². The van der Waals surface area contributed by atoms with Gasteiger partial charge in [0.05, 0.1) is 35.6 Å². The van der Waals surface area contributed by atoms with Crippen LogP contribution in [-0.4, -0.2) is 20.6 Å². The van der Waals surface area contributed by atoms with Crippen molar-refractivity contribution in [3.8, 4) is 11.4 Å². The first-order valence-electron chi connectivity index (χ1n) is 10.1. The molecule has 32 heavy (non-hydrogen) atoms. The van der Waals surface area contributed by atoms with E-state index in [2.05, 4.69) is 15.0 Å². The lowest BCUT2D eigenvalue weighted by Gasteiger charge is -2.31. The SMILES string of the molecule is CC[C@@]1(O)C(=O)OCc2c1cc1n(c2=O)Cc2cc3c(CN=[N+]=[N-])c(C)c(F)cc3nc2-1. The van der Waals surface area contributed by atoms with Crippen molar-refractivity contribution in [2.24, 2.45) is 5.11 Å². The van der Waals surface area contributed by atoms with Crippen LogP contribution in [0.1, 0.15) is 41.2 Å². The molecule has 1 atom stereocenters. The lowest BCUT2D eigenvalue weighted by molar-refractivity contribution is -0.172. The molecule has 0 radical (unpaired) electrons. The molecule has 10 heteroatoms. The van der Waals surface area contributed by atoms with Crippen LogP contribution in [-0.2, 0) is 34.8 Å². The minimum Gasteiger partial charge on any atom is -0.458 e. The number of aromatic nitrogens is 2. The van der Waals surface area contributed by atoms with Gasteiger partial charge in [-0.2, -0.15) is 0 Å². The summed E-state index contributed by atoms with van der Waals surface area (Å²) >= 11 is 0. The molecule has 1 N–H and O–H groups in total. The molecule has 2 aliphatic rings. The fourth-order valence-corrected chi connectivity index (χ4v) is 4.57. The van der Waals surface area contributed by atoms with Crippen LogP contribution in [0.25, 0.3) is 32.7 Å². The number of hydrogen-bond acceptors (Lipinski definition) is 6. The molecule has 162 valence electrons. The summed E-state index contributed by atoms with van der Waals surface area (Å²) in [7, 11) is 0.